The fourth-order valence-corrected chi connectivity index (χ4v) is 14.1. The predicted molar refractivity (Wildman–Crippen MR) is 366 cm³/mol. The second-order valence-corrected chi connectivity index (χ2v) is 28.5. The fraction of sp³-hybridized carbons (Fsp3) is 0.205. The van der Waals surface area contributed by atoms with Crippen LogP contribution in [0.15, 0.2) is 243 Å². The van der Waals surface area contributed by atoms with Gasteiger partial charge in [0.25, 0.3) is 6.71 Å². The van der Waals surface area contributed by atoms with Crippen molar-refractivity contribution in [2.45, 2.75) is 110 Å². The second kappa shape index (κ2) is 20.1. The van der Waals surface area contributed by atoms with Crippen LogP contribution in [0.2, 0.25) is 0 Å². The van der Waals surface area contributed by atoms with E-state index in [0.29, 0.717) is 0 Å². The highest BCUT2D eigenvalue weighted by Crippen LogP contribution is 2.59. The molecule has 11 aromatic carbocycles. The van der Waals surface area contributed by atoms with E-state index in [0.717, 1.165) is 72.9 Å². The van der Waals surface area contributed by atoms with E-state index in [1.807, 2.05) is 0 Å². The average molecular weight is 1110 g/mol. The molecule has 0 radical (unpaired) electrons. The zero-order valence-electron chi connectivity index (χ0n) is 52.0. The Morgan fingerprint density at radius 3 is 1.23 bits per heavy atom. The first-order valence-electron chi connectivity index (χ1n) is 30.9. The molecule has 0 bridgehead atoms. The molecular weight excluding hydrogens is 1040 g/mol. The Kier molecular flexibility index (Phi) is 12.9. The number of anilines is 3. The molecule has 0 unspecified atom stereocenters. The van der Waals surface area contributed by atoms with Crippen molar-refractivity contribution >= 4 is 40.2 Å². The normalized spacial score (nSPS) is 14.0. The van der Waals surface area contributed by atoms with Crippen LogP contribution in [0.1, 0.15) is 128 Å². The molecular formula is C83H76BNO. The lowest BCUT2D eigenvalue weighted by Gasteiger charge is -2.43. The molecule has 0 atom stereocenters. The summed E-state index contributed by atoms with van der Waals surface area (Å²) in [4.78, 5) is 2.65. The van der Waals surface area contributed by atoms with E-state index in [2.05, 4.69) is 331 Å². The van der Waals surface area contributed by atoms with Crippen LogP contribution in [0.25, 0.3) is 55.6 Å². The summed E-state index contributed by atoms with van der Waals surface area (Å²) in [5.74, 6) is 1.75. The minimum Gasteiger partial charge on any atom is -0.458 e. The number of ether oxygens (including phenoxy) is 1. The van der Waals surface area contributed by atoms with Gasteiger partial charge in [-0.1, -0.05) is 301 Å². The number of para-hydroxylation sites is 1. The van der Waals surface area contributed by atoms with Gasteiger partial charge in [0, 0.05) is 22.5 Å². The largest absolute Gasteiger partial charge is 0.458 e. The molecule has 11 aromatic rings. The highest BCUT2D eigenvalue weighted by Gasteiger charge is 2.50. The lowest BCUT2D eigenvalue weighted by atomic mass is 9.34. The van der Waals surface area contributed by atoms with Gasteiger partial charge in [-0.3, -0.25) is 0 Å². The van der Waals surface area contributed by atoms with Crippen LogP contribution >= 0.6 is 0 Å². The Morgan fingerprint density at radius 2 is 0.744 bits per heavy atom. The molecule has 0 amide bonds. The third-order valence-electron chi connectivity index (χ3n) is 18.8. The fourth-order valence-electron chi connectivity index (χ4n) is 14.1. The van der Waals surface area contributed by atoms with E-state index in [9.17, 15) is 0 Å². The first-order chi connectivity index (χ1) is 41.2. The third-order valence-corrected chi connectivity index (χ3v) is 18.8. The Hall–Kier alpha value is -8.92. The van der Waals surface area contributed by atoms with Crippen molar-refractivity contribution in [3.05, 3.63) is 287 Å². The zero-order chi connectivity index (χ0) is 59.7. The molecule has 86 heavy (non-hydrogen) atoms. The monoisotopic (exact) mass is 1110 g/mol. The molecule has 2 nitrogen and oxygen atoms in total. The lowest BCUT2D eigenvalue weighted by Crippen LogP contribution is -2.59. The van der Waals surface area contributed by atoms with E-state index in [4.69, 9.17) is 4.74 Å². The van der Waals surface area contributed by atoms with Crippen molar-refractivity contribution in [2.75, 3.05) is 4.90 Å². The topological polar surface area (TPSA) is 12.5 Å². The molecule has 1 aliphatic carbocycles. The van der Waals surface area contributed by atoms with Gasteiger partial charge in [0.05, 0.1) is 11.1 Å². The summed E-state index contributed by atoms with van der Waals surface area (Å²) in [6.45, 7) is 27.8. The van der Waals surface area contributed by atoms with E-state index in [-0.39, 0.29) is 28.4 Å². The lowest BCUT2D eigenvalue weighted by molar-refractivity contribution is 0.486. The molecule has 422 valence electrons. The molecule has 0 fully saturated rings. The van der Waals surface area contributed by atoms with E-state index in [1.165, 1.54) is 72.2 Å². The van der Waals surface area contributed by atoms with Crippen LogP contribution < -0.4 is 26.0 Å². The molecule has 2 aliphatic heterocycles. The van der Waals surface area contributed by atoms with Gasteiger partial charge in [0.15, 0.2) is 0 Å². The van der Waals surface area contributed by atoms with E-state index < -0.39 is 5.41 Å². The van der Waals surface area contributed by atoms with Gasteiger partial charge in [0.1, 0.15) is 11.5 Å². The Bertz CT molecular complexity index is 4300. The van der Waals surface area contributed by atoms with Crippen molar-refractivity contribution in [2.24, 2.45) is 0 Å². The number of nitrogens with zero attached hydrogens (tertiary/aromatic N) is 1. The van der Waals surface area contributed by atoms with Crippen LogP contribution in [0.4, 0.5) is 17.1 Å². The Labute approximate surface area is 511 Å². The van der Waals surface area contributed by atoms with Crippen LogP contribution in [-0.4, -0.2) is 6.71 Å². The molecule has 0 N–H and O–H groups in total. The highest BCUT2D eigenvalue weighted by atomic mass is 16.5. The second-order valence-electron chi connectivity index (χ2n) is 28.5. The predicted octanol–water partition coefficient (Wildman–Crippen LogP) is 20.3. The smallest absolute Gasteiger partial charge is 0.256 e. The molecule has 3 aliphatic rings. The maximum absolute atomic E-state index is 7.82. The molecule has 0 aromatic heterocycles. The first kappa shape index (κ1) is 55.0. The van der Waals surface area contributed by atoms with Gasteiger partial charge < -0.3 is 9.64 Å². The van der Waals surface area contributed by atoms with Gasteiger partial charge in [-0.05, 0) is 151 Å². The van der Waals surface area contributed by atoms with E-state index in [1.54, 1.807) is 0 Å². The number of benzene rings is 11. The van der Waals surface area contributed by atoms with Crippen molar-refractivity contribution in [3.8, 4) is 67.1 Å². The number of hydrogen-bond donors (Lipinski definition) is 0. The number of rotatable bonds is 7. The highest BCUT2D eigenvalue weighted by molar-refractivity contribution is 6.99. The summed E-state index contributed by atoms with van der Waals surface area (Å²) in [5, 5.41) is 0. The van der Waals surface area contributed by atoms with Crippen LogP contribution in [-0.2, 0) is 27.1 Å². The summed E-state index contributed by atoms with van der Waals surface area (Å²) >= 11 is 0. The maximum atomic E-state index is 7.82. The van der Waals surface area contributed by atoms with Gasteiger partial charge in [-0.15, -0.1) is 0 Å². The van der Waals surface area contributed by atoms with Crippen LogP contribution in [0, 0.1) is 0 Å². The maximum Gasteiger partial charge on any atom is 0.256 e. The standard InChI is InChI=1S/C83H76BNO/c1-79(2,3)60-43-57(44-61(49-60)80(4,5)6)55-39-41-71-73(47-55)85(78-65(53-27-16-13-17-28-53)35-26-36-66(78)54-29-18-14-19-30-54)74-51-64(83(59-31-20-15-21-32-59)69-37-24-22-33-67(69)68-34-23-25-38-70(68)83)52-76-77(74)84(71)72-42-40-56(48-75(72)86-76)58-45-62(81(7,8)9)50-63(46-58)82(10,11)12/h13-52H,1-12H3. The average Bonchev–Trinajstić information content (AvgIpc) is 1.23. The molecule has 14 rings (SSSR count). The van der Waals surface area contributed by atoms with Crippen LogP contribution in [0.5, 0.6) is 11.5 Å². The molecule has 2 heterocycles. The van der Waals surface area contributed by atoms with Crippen molar-refractivity contribution in [1.82, 2.24) is 0 Å². The molecule has 0 saturated carbocycles. The SMILES string of the molecule is CC(C)(C)c1cc(-c2ccc3c(c2)Oc2cc(C4(c5ccccc5)c5ccccc5-c5ccccc54)cc4c2B3c2ccc(-c3cc(C(C)(C)C)cc(C(C)(C)C)c3)cc2N4c2c(-c3ccccc3)cccc2-c2ccccc2)cc(C(C)(C)C)c1. The third kappa shape index (κ3) is 9.08. The zero-order valence-corrected chi connectivity index (χ0v) is 52.0. The van der Waals surface area contributed by atoms with Gasteiger partial charge >= 0.3 is 0 Å². The molecule has 3 heteroatoms. The summed E-state index contributed by atoms with van der Waals surface area (Å²) in [6.07, 6.45) is 0. The molecule has 0 spiro atoms. The van der Waals surface area contributed by atoms with Crippen molar-refractivity contribution in [1.29, 1.82) is 0 Å². The summed E-state index contributed by atoms with van der Waals surface area (Å²) < 4.78 is 7.82. The summed E-state index contributed by atoms with van der Waals surface area (Å²) in [5.41, 5.74) is 28.0. The minimum atomic E-state index is -0.719. The molecule has 0 saturated heterocycles. The van der Waals surface area contributed by atoms with Gasteiger partial charge in [0.2, 0.25) is 0 Å². The van der Waals surface area contributed by atoms with Gasteiger partial charge in [-0.2, -0.15) is 0 Å². The quantitative estimate of drug-likeness (QED) is 0.148. The minimum absolute atomic E-state index is 0.0446. The summed E-state index contributed by atoms with van der Waals surface area (Å²) in [6, 6.07) is 92.4. The van der Waals surface area contributed by atoms with E-state index >= 15 is 0 Å². The first-order valence-corrected chi connectivity index (χ1v) is 30.9. The number of hydrogen-bond acceptors (Lipinski definition) is 2. The van der Waals surface area contributed by atoms with Gasteiger partial charge in [-0.25, -0.2) is 0 Å². The summed E-state index contributed by atoms with van der Waals surface area (Å²) in [7, 11) is 0. The Balaban J connectivity index is 1.13. The Morgan fingerprint density at radius 1 is 0.314 bits per heavy atom. The van der Waals surface area contributed by atoms with Crippen LogP contribution in [0.3, 0.4) is 0 Å². The van der Waals surface area contributed by atoms with Crippen molar-refractivity contribution in [3.63, 3.8) is 0 Å². The number of fused-ring (bicyclic) bond motifs is 7. The van der Waals surface area contributed by atoms with Crippen molar-refractivity contribution < 1.29 is 4.74 Å².